The molecule has 16 nitrogen and oxygen atoms in total. The lowest BCUT2D eigenvalue weighted by Gasteiger charge is -2.34. The fourth-order valence-electron chi connectivity index (χ4n) is 8.07. The Kier molecular flexibility index (Phi) is 51.9. The number of carbonyl (C=O) groups is 7. The summed E-state index contributed by atoms with van der Waals surface area (Å²) in [5.41, 5.74) is -1.02. The average Bonchev–Trinajstić information content (AvgIpc) is 0.898. The predicted octanol–water partition coefficient (Wildman–Crippen LogP) is 21.5. The Bertz CT molecular complexity index is 2230. The fourth-order valence-corrected chi connectivity index (χ4v) is 8.07. The van der Waals surface area contributed by atoms with Crippen LogP contribution in [0.2, 0.25) is 0 Å². The highest BCUT2D eigenvalue weighted by Gasteiger charge is 2.34. The van der Waals surface area contributed by atoms with Crippen LogP contribution in [0.1, 0.15) is 347 Å². The van der Waals surface area contributed by atoms with Gasteiger partial charge in [-0.05, 0) is 199 Å². The van der Waals surface area contributed by atoms with Gasteiger partial charge in [0.05, 0.1) is 85.2 Å². The maximum absolute atomic E-state index is 12.2. The Morgan fingerprint density at radius 3 is 0.772 bits per heavy atom. The number of methoxy groups -OCH3 is 1. The van der Waals surface area contributed by atoms with E-state index in [1.54, 1.807) is 0 Å². The fraction of sp³-hybridized carbons (Fsp3) is 0.918. The van der Waals surface area contributed by atoms with E-state index in [0.29, 0.717) is 39.6 Å². The molecule has 0 amide bonds. The normalized spacial score (nSPS) is 14.1. The lowest BCUT2D eigenvalue weighted by Crippen LogP contribution is -2.45. The second-order valence-electron chi connectivity index (χ2n) is 40.7. The molecule has 0 unspecified atom stereocenters. The molecule has 1 aliphatic heterocycles. The number of nitrogens with zero attached hydrogens (tertiary/aromatic N) is 2. The topological polar surface area (TPSA) is 191 Å². The second-order valence-corrected chi connectivity index (χ2v) is 40.7. The zero-order valence-corrected chi connectivity index (χ0v) is 74.5. The van der Waals surface area contributed by atoms with Crippen LogP contribution in [0.5, 0.6) is 0 Å². The molecule has 1 heterocycles. The van der Waals surface area contributed by atoms with Gasteiger partial charge in [0.15, 0.2) is 0 Å². The molecule has 0 N–H and O–H groups in total. The highest BCUT2D eigenvalue weighted by molar-refractivity contribution is 5.78. The van der Waals surface area contributed by atoms with Crippen molar-refractivity contribution in [3.8, 4) is 0 Å². The summed E-state index contributed by atoms with van der Waals surface area (Å²) in [5, 5.41) is 0. The zero-order chi connectivity index (χ0) is 81.5. The summed E-state index contributed by atoms with van der Waals surface area (Å²) in [5.74, 6) is -0.553. The summed E-state index contributed by atoms with van der Waals surface area (Å²) in [6.45, 7) is 88.2. The van der Waals surface area contributed by atoms with Gasteiger partial charge in [-0.2, -0.15) is 0 Å². The third-order valence-electron chi connectivity index (χ3n) is 17.1. The smallest absolute Gasteiger partial charge is 0.311 e. The molecule has 101 heavy (non-hydrogen) atoms. The Hall–Kier alpha value is -3.79. The molecule has 1 saturated heterocycles. The molecule has 0 aromatic carbocycles. The average molecular weight is 1440 g/mol. The number of rotatable bonds is 27. The van der Waals surface area contributed by atoms with Crippen molar-refractivity contribution in [3.63, 3.8) is 0 Å². The predicted molar refractivity (Wildman–Crippen MR) is 424 cm³/mol. The van der Waals surface area contributed by atoms with Crippen LogP contribution in [0.25, 0.3) is 0 Å². The van der Waals surface area contributed by atoms with Crippen molar-refractivity contribution < 1.29 is 66.7 Å². The van der Waals surface area contributed by atoms with E-state index in [9.17, 15) is 33.6 Å². The minimum atomic E-state index is -0.388. The highest BCUT2D eigenvalue weighted by Crippen LogP contribution is 2.31. The van der Waals surface area contributed by atoms with E-state index in [4.69, 9.17) is 28.4 Å². The number of piperazine rings is 1. The van der Waals surface area contributed by atoms with Gasteiger partial charge >= 0.3 is 41.8 Å². The Balaban J connectivity index is -0.000000263. The van der Waals surface area contributed by atoms with Crippen LogP contribution in [-0.4, -0.2) is 138 Å². The minimum Gasteiger partial charge on any atom is -0.469 e. The number of hydrogen-bond donors (Lipinski definition) is 0. The summed E-state index contributed by atoms with van der Waals surface area (Å²) in [6.07, 6.45) is 10.7. The number of ether oxygens (including phenoxy) is 7. The van der Waals surface area contributed by atoms with E-state index in [-0.39, 0.29) is 118 Å². The molecule has 0 radical (unpaired) electrons. The van der Waals surface area contributed by atoms with Crippen molar-refractivity contribution in [1.29, 1.82) is 0 Å². The zero-order valence-electron chi connectivity index (χ0n) is 74.5. The monoisotopic (exact) mass is 1440 g/mol. The third kappa shape index (κ3) is 64.3. The van der Waals surface area contributed by atoms with Crippen LogP contribution in [0.15, 0.2) is 0 Å². The molecule has 604 valence electrons. The molecule has 0 aliphatic carbocycles. The molecule has 1 aliphatic rings. The van der Waals surface area contributed by atoms with E-state index in [1.165, 1.54) is 7.11 Å². The SMILES string of the molecule is CCC(C)(C)C(=O)OCC(C)(C)C.CCC(C)(C)C(=O)OCC(C)(C)C.CCC(C)(C)C(=O)OCCC(C)(C)C.CCCC(C)(C)C(=O)OCC(C)(C)C.CCCC(C)(C)C(=O)OCCC(C)(C)C.CN1CCN(CCC(C)(C)C(=O)OCCC(C)(C)C)CC1.COC(=O)[C@@H](C)CC(C)(C)C. The lowest BCUT2D eigenvalue weighted by atomic mass is 9.85. The maximum Gasteiger partial charge on any atom is 0.311 e. The van der Waals surface area contributed by atoms with Crippen LogP contribution in [0.3, 0.4) is 0 Å². The van der Waals surface area contributed by atoms with Gasteiger partial charge in [0.1, 0.15) is 0 Å². The molecule has 1 atom stereocenters. The molecular weight excluding hydrogens is 1270 g/mol. The largest absolute Gasteiger partial charge is 0.469 e. The molecule has 16 heteroatoms. The van der Waals surface area contributed by atoms with Crippen LogP contribution in [0, 0.1) is 76.3 Å². The van der Waals surface area contributed by atoms with Crippen molar-refractivity contribution in [2.24, 2.45) is 76.3 Å². The Morgan fingerprint density at radius 2 is 0.554 bits per heavy atom. The Labute approximate surface area is 625 Å². The van der Waals surface area contributed by atoms with Gasteiger partial charge in [0.2, 0.25) is 0 Å². The van der Waals surface area contributed by atoms with Crippen LogP contribution >= 0.6 is 0 Å². The first kappa shape index (κ1) is 108. The number of esters is 7. The summed E-state index contributed by atoms with van der Waals surface area (Å²) in [4.78, 5) is 86.0. The lowest BCUT2D eigenvalue weighted by molar-refractivity contribution is -0.157. The first-order chi connectivity index (χ1) is 44.9. The highest BCUT2D eigenvalue weighted by atomic mass is 16.6. The summed E-state index contributed by atoms with van der Waals surface area (Å²) >= 11 is 0. The van der Waals surface area contributed by atoms with Crippen molar-refractivity contribution in [2.75, 3.05) is 86.5 Å². The van der Waals surface area contributed by atoms with Crippen LogP contribution < -0.4 is 0 Å². The van der Waals surface area contributed by atoms with E-state index >= 15 is 0 Å². The number of likely N-dealkylation sites (N-methyl/N-ethyl adjacent to an activating group) is 1. The van der Waals surface area contributed by atoms with Gasteiger partial charge in [-0.1, -0.05) is 200 Å². The molecular formula is C85H170N2O14. The molecule has 0 aromatic rings. The third-order valence-corrected chi connectivity index (χ3v) is 17.1. The Morgan fingerprint density at radius 1 is 0.317 bits per heavy atom. The van der Waals surface area contributed by atoms with E-state index in [1.807, 2.05) is 111 Å². The second kappa shape index (κ2) is 48.4. The summed E-state index contributed by atoms with van der Waals surface area (Å²) in [6, 6.07) is 0. The van der Waals surface area contributed by atoms with Crippen molar-refractivity contribution in [2.45, 2.75) is 347 Å². The van der Waals surface area contributed by atoms with Gasteiger partial charge in [0.25, 0.3) is 0 Å². The van der Waals surface area contributed by atoms with Gasteiger partial charge in [-0.15, -0.1) is 0 Å². The first-order valence-electron chi connectivity index (χ1n) is 38.4. The van der Waals surface area contributed by atoms with E-state index < -0.39 is 0 Å². The quantitative estimate of drug-likeness (QED) is 0.0557. The molecule has 0 bridgehead atoms. The van der Waals surface area contributed by atoms with Crippen LogP contribution in [-0.2, 0) is 66.7 Å². The van der Waals surface area contributed by atoms with Gasteiger partial charge in [-0.3, -0.25) is 33.6 Å². The number of carbonyl (C=O) groups excluding carboxylic acids is 7. The molecule has 0 saturated carbocycles. The summed E-state index contributed by atoms with van der Waals surface area (Å²) in [7, 11) is 3.59. The van der Waals surface area contributed by atoms with Gasteiger partial charge in [0, 0.05) is 26.2 Å². The van der Waals surface area contributed by atoms with Crippen molar-refractivity contribution in [1.82, 2.24) is 9.80 Å². The van der Waals surface area contributed by atoms with Crippen molar-refractivity contribution in [3.05, 3.63) is 0 Å². The number of hydrogen-bond acceptors (Lipinski definition) is 16. The standard InChI is InChI=1S/C17H34N2O2.C13H26O2.2C12H24O2.2C11H22O2.C9H18O2/c1-16(2,3)8-14-21-15(20)17(4,5)7-9-19-12-10-18(6)11-13-19;1-7-8-13(5,6)11(14)15-10-9-12(2,3)4;1-7-12(5,6)10(13)14-9-8-11(2,3)4;1-7-8-12(5,6)10(13)14-9-11(2,3)4;2*1-7-11(5,6)9(12)13-8-10(2,3)4;1-7(8(10)11-5)6-9(2,3)4/h7-14H2,1-6H3;7-10H2,1-6H3;2*7-9H2,1-6H3;2*7-8H2,1-6H3;7H,6H2,1-5H3/t;;;;;;7-/m......0/s1. The van der Waals surface area contributed by atoms with E-state index in [2.05, 4.69) is 181 Å². The van der Waals surface area contributed by atoms with Gasteiger partial charge < -0.3 is 43.0 Å². The van der Waals surface area contributed by atoms with Gasteiger partial charge in [-0.25, -0.2) is 0 Å². The molecule has 1 fully saturated rings. The summed E-state index contributed by atoms with van der Waals surface area (Å²) < 4.78 is 36.4. The van der Waals surface area contributed by atoms with E-state index in [0.717, 1.165) is 110 Å². The molecule has 0 aromatic heterocycles. The first-order valence-corrected chi connectivity index (χ1v) is 38.4. The molecule has 1 rings (SSSR count). The van der Waals surface area contributed by atoms with Crippen molar-refractivity contribution >= 4 is 41.8 Å². The van der Waals surface area contributed by atoms with Crippen LogP contribution in [0.4, 0.5) is 0 Å². The minimum absolute atomic E-state index is 0.0139. The maximum atomic E-state index is 12.2. The molecule has 0 spiro atoms.